The molecular formula is C16H31N5. The number of nitrogens with one attached hydrogen (secondary N) is 1. The Morgan fingerprint density at radius 2 is 1.38 bits per heavy atom. The molecule has 0 aromatic rings. The monoisotopic (exact) mass is 293 g/mol. The molecule has 0 bridgehead atoms. The Labute approximate surface area is 129 Å². The van der Waals surface area contributed by atoms with Gasteiger partial charge in [0.15, 0.2) is 0 Å². The molecule has 2 aliphatic carbocycles. The van der Waals surface area contributed by atoms with Gasteiger partial charge >= 0.3 is 0 Å². The summed E-state index contributed by atoms with van der Waals surface area (Å²) in [7, 11) is 8.12. The van der Waals surface area contributed by atoms with Crippen LogP contribution >= 0.6 is 0 Å². The summed E-state index contributed by atoms with van der Waals surface area (Å²) >= 11 is 0. The maximum absolute atomic E-state index is 4.91. The largest absolute Gasteiger partial charge is 0.352 e. The molecule has 0 saturated heterocycles. The molecule has 0 heterocycles. The fourth-order valence-corrected chi connectivity index (χ4v) is 3.25. The summed E-state index contributed by atoms with van der Waals surface area (Å²) in [5.74, 6) is 1.78. The van der Waals surface area contributed by atoms with E-state index in [0.29, 0.717) is 12.1 Å². The molecule has 120 valence electrons. The summed E-state index contributed by atoms with van der Waals surface area (Å²) in [6.07, 6.45) is 10.2. The highest BCUT2D eigenvalue weighted by atomic mass is 15.4. The van der Waals surface area contributed by atoms with Crippen molar-refractivity contribution in [2.45, 2.75) is 63.5 Å². The molecule has 0 amide bonds. The van der Waals surface area contributed by atoms with Gasteiger partial charge in [0, 0.05) is 34.2 Å². The fourth-order valence-electron chi connectivity index (χ4n) is 3.25. The molecule has 0 atom stereocenters. The van der Waals surface area contributed by atoms with Crippen molar-refractivity contribution in [3.8, 4) is 0 Å². The lowest BCUT2D eigenvalue weighted by Crippen LogP contribution is -2.39. The first-order valence-electron chi connectivity index (χ1n) is 8.34. The lowest BCUT2D eigenvalue weighted by atomic mass is 10.2. The summed E-state index contributed by atoms with van der Waals surface area (Å²) in [5, 5.41) is 3.59. The van der Waals surface area contributed by atoms with E-state index in [2.05, 4.69) is 5.32 Å². The van der Waals surface area contributed by atoms with Crippen molar-refractivity contribution in [2.24, 2.45) is 9.98 Å². The third kappa shape index (κ3) is 4.90. The molecule has 0 aliphatic heterocycles. The fraction of sp³-hybridized carbons (Fsp3) is 0.875. The molecule has 2 rings (SSSR count). The van der Waals surface area contributed by atoms with Gasteiger partial charge in [0.25, 0.3) is 0 Å². The predicted molar refractivity (Wildman–Crippen MR) is 89.9 cm³/mol. The van der Waals surface area contributed by atoms with Crippen LogP contribution in [0.2, 0.25) is 0 Å². The quantitative estimate of drug-likeness (QED) is 0.627. The number of guanidine groups is 2. The number of rotatable bonds is 2. The predicted octanol–water partition coefficient (Wildman–Crippen LogP) is 2.30. The topological polar surface area (TPSA) is 43.2 Å². The molecule has 2 aliphatic rings. The summed E-state index contributed by atoms with van der Waals surface area (Å²) in [6.45, 7) is 0. The Morgan fingerprint density at radius 1 is 0.857 bits per heavy atom. The van der Waals surface area contributed by atoms with E-state index < -0.39 is 0 Å². The lowest BCUT2D eigenvalue weighted by Gasteiger charge is -2.24. The average Bonchev–Trinajstić information content (AvgIpc) is 3.08. The van der Waals surface area contributed by atoms with Gasteiger partial charge in [-0.05, 0) is 25.7 Å². The van der Waals surface area contributed by atoms with Gasteiger partial charge < -0.3 is 15.1 Å². The molecular weight excluding hydrogens is 262 g/mol. The molecule has 0 radical (unpaired) electrons. The highest BCUT2D eigenvalue weighted by molar-refractivity contribution is 5.94. The Hall–Kier alpha value is -1.26. The zero-order valence-electron chi connectivity index (χ0n) is 14.1. The van der Waals surface area contributed by atoms with Gasteiger partial charge in [-0.15, -0.1) is 0 Å². The Bertz CT molecular complexity index is 364. The van der Waals surface area contributed by atoms with E-state index in [4.69, 9.17) is 9.98 Å². The second-order valence-electron chi connectivity index (χ2n) is 6.72. The van der Waals surface area contributed by atoms with Crippen molar-refractivity contribution in [1.29, 1.82) is 0 Å². The van der Waals surface area contributed by atoms with Crippen molar-refractivity contribution >= 4 is 11.9 Å². The van der Waals surface area contributed by atoms with Crippen LogP contribution in [0, 0.1) is 0 Å². The minimum absolute atomic E-state index is 0.461. The highest BCUT2D eigenvalue weighted by Crippen LogP contribution is 2.22. The van der Waals surface area contributed by atoms with Crippen LogP contribution in [0.4, 0.5) is 0 Å². The first-order chi connectivity index (χ1) is 10.1. The Balaban J connectivity index is 2.14. The number of aliphatic imine (C=N–C) groups is 2. The standard InChI is InChI=1S/C16H31N5/c1-20(2)16(21(3)4)19-15(17-13-9-5-6-10-13)18-14-11-7-8-12-14/h13-14H,5-12H2,1-4H3,(H,17,18). The van der Waals surface area contributed by atoms with Gasteiger partial charge in [0.05, 0.1) is 6.04 Å². The zero-order chi connectivity index (χ0) is 15.2. The van der Waals surface area contributed by atoms with Crippen molar-refractivity contribution in [2.75, 3.05) is 28.2 Å². The molecule has 1 N–H and O–H groups in total. The van der Waals surface area contributed by atoms with Gasteiger partial charge in [-0.2, -0.15) is 4.99 Å². The van der Waals surface area contributed by atoms with Crippen LogP contribution in [-0.4, -0.2) is 62.0 Å². The van der Waals surface area contributed by atoms with Crippen LogP contribution in [0.15, 0.2) is 9.98 Å². The minimum Gasteiger partial charge on any atom is -0.352 e. The summed E-state index contributed by atoms with van der Waals surface area (Å²) in [5.41, 5.74) is 0. The molecule has 0 unspecified atom stereocenters. The molecule has 2 saturated carbocycles. The summed E-state index contributed by atoms with van der Waals surface area (Å²) < 4.78 is 0. The maximum Gasteiger partial charge on any atom is 0.221 e. The van der Waals surface area contributed by atoms with E-state index >= 15 is 0 Å². The molecule has 21 heavy (non-hydrogen) atoms. The van der Waals surface area contributed by atoms with Crippen molar-refractivity contribution in [3.63, 3.8) is 0 Å². The Morgan fingerprint density at radius 3 is 1.90 bits per heavy atom. The van der Waals surface area contributed by atoms with Gasteiger partial charge in [-0.3, -0.25) is 0 Å². The summed E-state index contributed by atoms with van der Waals surface area (Å²) in [4.78, 5) is 13.8. The molecule has 2 fully saturated rings. The van der Waals surface area contributed by atoms with E-state index in [-0.39, 0.29) is 0 Å². The second-order valence-corrected chi connectivity index (χ2v) is 6.72. The van der Waals surface area contributed by atoms with Gasteiger partial charge in [-0.25, -0.2) is 4.99 Å². The molecule has 0 spiro atoms. The van der Waals surface area contributed by atoms with Gasteiger partial charge in [0.2, 0.25) is 11.9 Å². The zero-order valence-corrected chi connectivity index (χ0v) is 14.1. The van der Waals surface area contributed by atoms with Crippen LogP contribution in [0.5, 0.6) is 0 Å². The van der Waals surface area contributed by atoms with Crippen LogP contribution in [0.25, 0.3) is 0 Å². The average molecular weight is 293 g/mol. The van der Waals surface area contributed by atoms with E-state index in [0.717, 1.165) is 11.9 Å². The van der Waals surface area contributed by atoms with E-state index in [1.54, 1.807) is 0 Å². The first-order valence-corrected chi connectivity index (χ1v) is 8.34. The lowest BCUT2D eigenvalue weighted by molar-refractivity contribution is 0.484. The van der Waals surface area contributed by atoms with Crippen LogP contribution in [0.1, 0.15) is 51.4 Å². The number of hydrogen-bond acceptors (Lipinski definition) is 1. The minimum atomic E-state index is 0.461. The number of hydrogen-bond donors (Lipinski definition) is 1. The van der Waals surface area contributed by atoms with E-state index in [9.17, 15) is 0 Å². The van der Waals surface area contributed by atoms with Crippen molar-refractivity contribution in [1.82, 2.24) is 15.1 Å². The first kappa shape index (κ1) is 16.1. The maximum atomic E-state index is 4.91. The van der Waals surface area contributed by atoms with Crippen molar-refractivity contribution in [3.05, 3.63) is 0 Å². The smallest absolute Gasteiger partial charge is 0.221 e. The van der Waals surface area contributed by atoms with E-state index in [1.807, 2.05) is 38.0 Å². The highest BCUT2D eigenvalue weighted by Gasteiger charge is 2.20. The normalized spacial score (nSPS) is 20.7. The molecule has 0 aromatic heterocycles. The van der Waals surface area contributed by atoms with Crippen LogP contribution in [-0.2, 0) is 0 Å². The molecule has 5 nitrogen and oxygen atoms in total. The third-order valence-electron chi connectivity index (χ3n) is 4.32. The van der Waals surface area contributed by atoms with E-state index in [1.165, 1.54) is 51.4 Å². The van der Waals surface area contributed by atoms with Gasteiger partial charge in [-0.1, -0.05) is 25.7 Å². The SMILES string of the molecule is CN(C)C(=N/C(=N\C1CCCC1)NC1CCCC1)N(C)C. The second kappa shape index (κ2) is 7.66. The van der Waals surface area contributed by atoms with Crippen LogP contribution < -0.4 is 5.32 Å². The molecule has 5 heteroatoms. The number of nitrogens with zero attached hydrogens (tertiary/aromatic N) is 4. The van der Waals surface area contributed by atoms with Crippen LogP contribution in [0.3, 0.4) is 0 Å². The summed E-state index contributed by atoms with van der Waals surface area (Å²) in [6, 6.07) is 1.02. The van der Waals surface area contributed by atoms with Crippen molar-refractivity contribution < 1.29 is 0 Å². The Kier molecular flexibility index (Phi) is 5.88. The molecule has 0 aromatic carbocycles. The third-order valence-corrected chi connectivity index (χ3v) is 4.32. The van der Waals surface area contributed by atoms with Gasteiger partial charge in [0.1, 0.15) is 0 Å².